The number of benzene rings is 2. The van der Waals surface area contributed by atoms with Crippen LogP contribution < -0.4 is 9.47 Å². The highest BCUT2D eigenvalue weighted by molar-refractivity contribution is 5.27. The van der Waals surface area contributed by atoms with Crippen LogP contribution in [0.3, 0.4) is 0 Å². The molecule has 0 radical (unpaired) electrons. The second-order valence-corrected chi connectivity index (χ2v) is 6.78. The summed E-state index contributed by atoms with van der Waals surface area (Å²) in [6.45, 7) is 1.89. The number of epoxide rings is 1. The monoisotopic (exact) mass is 400 g/mol. The molecule has 1 aliphatic heterocycles. The zero-order valence-electron chi connectivity index (χ0n) is 16.8. The van der Waals surface area contributed by atoms with E-state index in [4.69, 9.17) is 23.7 Å². The maximum atomic E-state index is 10.2. The largest absolute Gasteiger partial charge is 0.497 e. The van der Waals surface area contributed by atoms with E-state index < -0.39 is 6.10 Å². The third kappa shape index (κ3) is 6.87. The fraction of sp³-hybridized carbons (Fsp3) is 0.391. The van der Waals surface area contributed by atoms with E-state index in [1.807, 2.05) is 54.6 Å². The van der Waals surface area contributed by atoms with Crippen molar-refractivity contribution in [1.82, 2.24) is 0 Å². The quantitative estimate of drug-likeness (QED) is 0.335. The van der Waals surface area contributed by atoms with E-state index in [0.717, 1.165) is 22.6 Å². The van der Waals surface area contributed by atoms with E-state index in [1.165, 1.54) is 0 Å². The van der Waals surface area contributed by atoms with Crippen molar-refractivity contribution in [1.29, 1.82) is 0 Å². The Balaban J connectivity index is 1.27. The number of ether oxygens (including phenoxy) is 5. The van der Waals surface area contributed by atoms with Gasteiger partial charge in [-0.3, -0.25) is 0 Å². The first kappa shape index (κ1) is 21.3. The van der Waals surface area contributed by atoms with Crippen molar-refractivity contribution in [2.45, 2.75) is 31.5 Å². The number of hydrogen-bond donors (Lipinski definition) is 1. The molecule has 1 saturated heterocycles. The lowest BCUT2D eigenvalue weighted by Crippen LogP contribution is -2.16. The van der Waals surface area contributed by atoms with Gasteiger partial charge in [-0.1, -0.05) is 36.4 Å². The highest BCUT2D eigenvalue weighted by atomic mass is 16.6. The minimum absolute atomic E-state index is 0.0758. The molecule has 6 nitrogen and oxygen atoms in total. The van der Waals surface area contributed by atoms with Crippen LogP contribution in [0.5, 0.6) is 11.5 Å². The summed E-state index contributed by atoms with van der Waals surface area (Å²) in [5.74, 6) is 1.64. The van der Waals surface area contributed by atoms with E-state index in [1.54, 1.807) is 20.3 Å². The highest BCUT2D eigenvalue weighted by Crippen LogP contribution is 2.27. The van der Waals surface area contributed by atoms with Crippen molar-refractivity contribution in [3.63, 3.8) is 0 Å². The molecule has 3 atom stereocenters. The van der Waals surface area contributed by atoms with Gasteiger partial charge in [-0.2, -0.15) is 0 Å². The molecule has 1 fully saturated rings. The Bertz CT molecular complexity index is 756. The van der Waals surface area contributed by atoms with Gasteiger partial charge in [-0.05, 0) is 35.4 Å². The maximum absolute atomic E-state index is 10.2. The summed E-state index contributed by atoms with van der Waals surface area (Å²) in [6.07, 6.45) is 2.57. The molecule has 29 heavy (non-hydrogen) atoms. The zero-order chi connectivity index (χ0) is 20.5. The molecule has 6 heteroatoms. The van der Waals surface area contributed by atoms with Gasteiger partial charge >= 0.3 is 0 Å². The predicted molar refractivity (Wildman–Crippen MR) is 109 cm³/mol. The molecule has 1 aliphatic rings. The topological polar surface area (TPSA) is 69.7 Å². The SMILES string of the molecule is COc1ccc(COC/C=C/[C@H](O)[C@H]2O[C@H]2COCc2ccc(OC)cc2)cc1. The van der Waals surface area contributed by atoms with Crippen LogP contribution in [0, 0.1) is 0 Å². The van der Waals surface area contributed by atoms with Gasteiger partial charge in [-0.25, -0.2) is 0 Å². The van der Waals surface area contributed by atoms with E-state index in [0.29, 0.717) is 26.4 Å². The van der Waals surface area contributed by atoms with Crippen LogP contribution in [0.25, 0.3) is 0 Å². The van der Waals surface area contributed by atoms with Gasteiger partial charge in [0.15, 0.2) is 0 Å². The van der Waals surface area contributed by atoms with Crippen LogP contribution >= 0.6 is 0 Å². The average Bonchev–Trinajstić information content (AvgIpc) is 3.54. The van der Waals surface area contributed by atoms with Crippen LogP contribution in [-0.2, 0) is 27.4 Å². The van der Waals surface area contributed by atoms with Crippen molar-refractivity contribution >= 4 is 0 Å². The molecule has 1 heterocycles. The van der Waals surface area contributed by atoms with Gasteiger partial charge in [0.05, 0.1) is 40.6 Å². The van der Waals surface area contributed by atoms with Gasteiger partial charge in [0, 0.05) is 0 Å². The molecule has 0 aliphatic carbocycles. The van der Waals surface area contributed by atoms with Gasteiger partial charge in [0.25, 0.3) is 0 Å². The van der Waals surface area contributed by atoms with Gasteiger partial charge in [0.2, 0.25) is 0 Å². The van der Waals surface area contributed by atoms with Crippen LogP contribution in [0.4, 0.5) is 0 Å². The molecule has 0 saturated carbocycles. The van der Waals surface area contributed by atoms with Gasteiger partial charge in [0.1, 0.15) is 29.8 Å². The Morgan fingerprint density at radius 2 is 1.45 bits per heavy atom. The first-order valence-corrected chi connectivity index (χ1v) is 9.61. The molecule has 0 amide bonds. The first-order valence-electron chi connectivity index (χ1n) is 9.61. The Labute approximate surface area is 171 Å². The number of rotatable bonds is 12. The van der Waals surface area contributed by atoms with Crippen molar-refractivity contribution in [2.75, 3.05) is 27.4 Å². The number of aliphatic hydroxyl groups excluding tert-OH is 1. The Morgan fingerprint density at radius 1 is 0.897 bits per heavy atom. The second-order valence-electron chi connectivity index (χ2n) is 6.78. The van der Waals surface area contributed by atoms with Crippen molar-refractivity contribution in [3.8, 4) is 11.5 Å². The van der Waals surface area contributed by atoms with Crippen molar-refractivity contribution in [3.05, 3.63) is 71.8 Å². The van der Waals surface area contributed by atoms with E-state index in [2.05, 4.69) is 0 Å². The number of hydrogen-bond acceptors (Lipinski definition) is 6. The lowest BCUT2D eigenvalue weighted by atomic mass is 10.2. The first-order chi connectivity index (χ1) is 14.2. The number of methoxy groups -OCH3 is 2. The predicted octanol–water partition coefficient (Wildman–Crippen LogP) is 3.12. The summed E-state index contributed by atoms with van der Waals surface area (Å²) in [4.78, 5) is 0. The Hall–Kier alpha value is -2.38. The minimum atomic E-state index is -0.658. The van der Waals surface area contributed by atoms with Gasteiger partial charge in [-0.15, -0.1) is 0 Å². The minimum Gasteiger partial charge on any atom is -0.497 e. The number of aliphatic hydroxyl groups is 1. The molecule has 0 aromatic heterocycles. The van der Waals surface area contributed by atoms with Crippen LogP contribution in [-0.4, -0.2) is 50.9 Å². The molecule has 0 unspecified atom stereocenters. The summed E-state index contributed by atoms with van der Waals surface area (Å²) in [5.41, 5.74) is 2.14. The highest BCUT2D eigenvalue weighted by Gasteiger charge is 2.43. The third-order valence-electron chi connectivity index (χ3n) is 4.64. The summed E-state index contributed by atoms with van der Waals surface area (Å²) in [6, 6.07) is 15.5. The Kier molecular flexibility index (Phi) is 8.07. The molecule has 3 rings (SSSR count). The molecule has 156 valence electrons. The van der Waals surface area contributed by atoms with Crippen molar-refractivity contribution in [2.24, 2.45) is 0 Å². The van der Waals surface area contributed by atoms with Crippen molar-refractivity contribution < 1.29 is 28.8 Å². The molecule has 1 N–H and O–H groups in total. The average molecular weight is 400 g/mol. The second kappa shape index (κ2) is 11.0. The van der Waals surface area contributed by atoms with Gasteiger partial charge < -0.3 is 28.8 Å². The fourth-order valence-corrected chi connectivity index (χ4v) is 2.88. The maximum Gasteiger partial charge on any atom is 0.118 e. The molecular weight excluding hydrogens is 372 g/mol. The van der Waals surface area contributed by atoms with Crippen LogP contribution in [0.1, 0.15) is 11.1 Å². The smallest absolute Gasteiger partial charge is 0.118 e. The molecular formula is C23H28O6. The molecule has 0 spiro atoms. The Morgan fingerprint density at radius 3 is 2.00 bits per heavy atom. The van der Waals surface area contributed by atoms with E-state index in [-0.39, 0.29) is 12.2 Å². The van der Waals surface area contributed by atoms with E-state index >= 15 is 0 Å². The van der Waals surface area contributed by atoms with Crippen LogP contribution in [0.15, 0.2) is 60.7 Å². The lowest BCUT2D eigenvalue weighted by Gasteiger charge is -2.05. The fourth-order valence-electron chi connectivity index (χ4n) is 2.88. The normalized spacial score (nSPS) is 19.3. The standard InChI is InChI=1S/C23H28O6/c1-25-19-9-5-17(6-10-19)14-27-13-3-4-21(24)23-22(29-23)16-28-15-18-7-11-20(26-2)12-8-18/h3-12,21-24H,13-16H2,1-2H3/b4-3+/t21-,22-,23+/m0/s1. The molecule has 2 aromatic carbocycles. The summed E-state index contributed by atoms with van der Waals surface area (Å²) >= 11 is 0. The molecule has 2 aromatic rings. The lowest BCUT2D eigenvalue weighted by molar-refractivity contribution is 0.104. The summed E-state index contributed by atoms with van der Waals surface area (Å²) < 4.78 is 27.0. The summed E-state index contributed by atoms with van der Waals surface area (Å²) in [7, 11) is 3.28. The van der Waals surface area contributed by atoms with Crippen LogP contribution in [0.2, 0.25) is 0 Å². The summed E-state index contributed by atoms with van der Waals surface area (Å²) in [5, 5.41) is 10.2. The van der Waals surface area contributed by atoms with E-state index in [9.17, 15) is 5.11 Å². The third-order valence-corrected chi connectivity index (χ3v) is 4.64. The zero-order valence-corrected chi connectivity index (χ0v) is 16.8. The molecule has 0 bridgehead atoms.